The molecule has 0 aliphatic rings. The highest BCUT2D eigenvalue weighted by molar-refractivity contribution is 9.10. The van der Waals surface area contributed by atoms with Gasteiger partial charge in [-0.1, -0.05) is 92.5 Å². The molecule has 30 heavy (non-hydrogen) atoms. The van der Waals surface area contributed by atoms with Gasteiger partial charge in [0.05, 0.1) is 12.1 Å². The van der Waals surface area contributed by atoms with Crippen LogP contribution in [0.2, 0.25) is 0 Å². The van der Waals surface area contributed by atoms with Gasteiger partial charge in [-0.25, -0.2) is 0 Å². The summed E-state index contributed by atoms with van der Waals surface area (Å²) in [6.45, 7) is 0. The molecule has 0 aliphatic carbocycles. The highest BCUT2D eigenvalue weighted by atomic mass is 79.9. The Kier molecular flexibility index (Phi) is 6.88. The van der Waals surface area contributed by atoms with Crippen molar-refractivity contribution < 1.29 is 0 Å². The van der Waals surface area contributed by atoms with Crippen LogP contribution in [0.3, 0.4) is 0 Å². The van der Waals surface area contributed by atoms with E-state index in [4.69, 9.17) is 0 Å². The fourth-order valence-electron chi connectivity index (χ4n) is 3.55. The second kappa shape index (κ2) is 9.96. The lowest BCUT2D eigenvalue weighted by Gasteiger charge is -2.32. The van der Waals surface area contributed by atoms with Crippen LogP contribution in [-0.2, 0) is 0 Å². The lowest BCUT2D eigenvalue weighted by molar-refractivity contribution is 0.649. The van der Waals surface area contributed by atoms with E-state index < -0.39 is 0 Å². The number of hydrogen-bond donors (Lipinski definition) is 2. The summed E-state index contributed by atoms with van der Waals surface area (Å²) in [5.41, 5.74) is 4.55. The molecule has 4 heteroatoms. The third kappa shape index (κ3) is 5.32. The molecule has 0 aliphatic heterocycles. The van der Waals surface area contributed by atoms with Gasteiger partial charge in [0.15, 0.2) is 0 Å². The van der Waals surface area contributed by atoms with E-state index in [1.165, 1.54) is 11.1 Å². The second-order valence-electron chi connectivity index (χ2n) is 7.09. The summed E-state index contributed by atoms with van der Waals surface area (Å²) in [4.78, 5) is 0. The maximum absolute atomic E-state index is 3.76. The van der Waals surface area contributed by atoms with Crippen molar-refractivity contribution in [1.29, 1.82) is 0 Å². The van der Waals surface area contributed by atoms with E-state index in [0.717, 1.165) is 20.3 Å². The van der Waals surface area contributed by atoms with Crippen LogP contribution in [0.4, 0.5) is 11.4 Å². The zero-order chi connectivity index (χ0) is 20.8. The van der Waals surface area contributed by atoms with Gasteiger partial charge < -0.3 is 10.6 Å². The van der Waals surface area contributed by atoms with Gasteiger partial charge in [0.1, 0.15) is 0 Å². The molecule has 0 aromatic heterocycles. The average molecular weight is 522 g/mol. The SMILES string of the molecule is Brc1cccc(C(Nc2ccccc2)C(Nc2ccccc2)c2cccc(Br)c2)c1. The van der Waals surface area contributed by atoms with E-state index in [0.29, 0.717) is 0 Å². The van der Waals surface area contributed by atoms with Crippen LogP contribution in [0.1, 0.15) is 23.2 Å². The van der Waals surface area contributed by atoms with Gasteiger partial charge in [-0.15, -0.1) is 0 Å². The summed E-state index contributed by atoms with van der Waals surface area (Å²) in [7, 11) is 0. The molecule has 4 aromatic carbocycles. The molecule has 2 atom stereocenters. The highest BCUT2D eigenvalue weighted by Crippen LogP contribution is 2.36. The first-order valence-corrected chi connectivity index (χ1v) is 11.4. The van der Waals surface area contributed by atoms with Gasteiger partial charge >= 0.3 is 0 Å². The molecule has 4 aromatic rings. The Morgan fingerprint density at radius 3 is 1.23 bits per heavy atom. The Morgan fingerprint density at radius 2 is 0.867 bits per heavy atom. The van der Waals surface area contributed by atoms with E-state index in [1.807, 2.05) is 12.1 Å². The molecule has 2 nitrogen and oxygen atoms in total. The molecule has 0 radical (unpaired) electrons. The molecule has 2 unspecified atom stereocenters. The predicted octanol–water partition coefficient (Wildman–Crippen LogP) is 8.22. The Bertz CT molecular complexity index is 995. The second-order valence-corrected chi connectivity index (χ2v) is 8.92. The van der Waals surface area contributed by atoms with Crippen molar-refractivity contribution in [1.82, 2.24) is 0 Å². The van der Waals surface area contributed by atoms with E-state index >= 15 is 0 Å². The fourth-order valence-corrected chi connectivity index (χ4v) is 4.38. The van der Waals surface area contributed by atoms with Gasteiger partial charge in [-0.3, -0.25) is 0 Å². The number of rotatable bonds is 7. The van der Waals surface area contributed by atoms with Crippen LogP contribution < -0.4 is 10.6 Å². The summed E-state index contributed by atoms with van der Waals surface area (Å²) in [6.07, 6.45) is 0. The maximum Gasteiger partial charge on any atom is 0.0757 e. The van der Waals surface area contributed by atoms with Crippen molar-refractivity contribution in [3.63, 3.8) is 0 Å². The molecule has 0 heterocycles. The Balaban J connectivity index is 1.80. The zero-order valence-corrected chi connectivity index (χ0v) is 19.5. The minimum atomic E-state index is -0.000550. The number of anilines is 2. The van der Waals surface area contributed by atoms with E-state index in [-0.39, 0.29) is 12.1 Å². The minimum Gasteiger partial charge on any atom is -0.376 e. The van der Waals surface area contributed by atoms with Crippen molar-refractivity contribution in [3.05, 3.63) is 129 Å². The van der Waals surface area contributed by atoms with Crippen molar-refractivity contribution in [2.75, 3.05) is 10.6 Å². The van der Waals surface area contributed by atoms with Crippen LogP contribution in [0.5, 0.6) is 0 Å². The number of benzene rings is 4. The number of nitrogens with one attached hydrogen (secondary N) is 2. The van der Waals surface area contributed by atoms with Crippen molar-refractivity contribution in [2.24, 2.45) is 0 Å². The quantitative estimate of drug-likeness (QED) is 0.256. The lowest BCUT2D eigenvalue weighted by Crippen LogP contribution is -2.25. The Labute approximate surface area is 194 Å². The summed E-state index contributed by atoms with van der Waals surface area (Å²) in [5, 5.41) is 7.52. The molecule has 0 spiro atoms. The molecule has 4 rings (SSSR count). The van der Waals surface area contributed by atoms with Crippen molar-refractivity contribution in [2.45, 2.75) is 12.1 Å². The minimum absolute atomic E-state index is 0.000550. The monoisotopic (exact) mass is 520 g/mol. The normalized spacial score (nSPS) is 12.7. The lowest BCUT2D eigenvalue weighted by atomic mass is 9.92. The number of halogens is 2. The fraction of sp³-hybridized carbons (Fsp3) is 0.0769. The van der Waals surface area contributed by atoms with Gasteiger partial charge in [0.25, 0.3) is 0 Å². The zero-order valence-electron chi connectivity index (χ0n) is 16.3. The molecular weight excluding hydrogens is 500 g/mol. The summed E-state index contributed by atoms with van der Waals surface area (Å²) in [6, 6.07) is 37.7. The third-order valence-electron chi connectivity index (χ3n) is 4.94. The van der Waals surface area contributed by atoms with E-state index in [9.17, 15) is 0 Å². The molecular formula is C26H22Br2N2. The molecule has 0 bridgehead atoms. The summed E-state index contributed by atoms with van der Waals surface area (Å²) < 4.78 is 2.13. The first-order chi connectivity index (χ1) is 14.7. The molecule has 2 N–H and O–H groups in total. The van der Waals surface area contributed by atoms with Crippen molar-refractivity contribution >= 4 is 43.2 Å². The number of hydrogen-bond acceptors (Lipinski definition) is 2. The first-order valence-electron chi connectivity index (χ1n) is 9.83. The molecule has 0 fully saturated rings. The van der Waals surface area contributed by atoms with Gasteiger partial charge in [0.2, 0.25) is 0 Å². The highest BCUT2D eigenvalue weighted by Gasteiger charge is 2.25. The Morgan fingerprint density at radius 1 is 0.467 bits per heavy atom. The van der Waals surface area contributed by atoms with Crippen LogP contribution in [0, 0.1) is 0 Å². The maximum atomic E-state index is 3.76. The standard InChI is InChI=1S/C26H22Br2N2/c27-21-11-7-9-19(17-21)25(29-23-13-3-1-4-14-23)26(20-10-8-12-22(28)18-20)30-24-15-5-2-6-16-24/h1-18,25-26,29-30H. The van der Waals surface area contributed by atoms with Gasteiger partial charge in [0, 0.05) is 20.3 Å². The van der Waals surface area contributed by atoms with Crippen LogP contribution in [-0.4, -0.2) is 0 Å². The van der Waals surface area contributed by atoms with Crippen LogP contribution >= 0.6 is 31.9 Å². The van der Waals surface area contributed by atoms with Gasteiger partial charge in [-0.05, 0) is 59.7 Å². The predicted molar refractivity (Wildman–Crippen MR) is 134 cm³/mol. The summed E-state index contributed by atoms with van der Waals surface area (Å²) in [5.74, 6) is 0. The molecule has 150 valence electrons. The van der Waals surface area contributed by atoms with Gasteiger partial charge in [-0.2, -0.15) is 0 Å². The van der Waals surface area contributed by atoms with E-state index in [1.54, 1.807) is 0 Å². The largest absolute Gasteiger partial charge is 0.376 e. The van der Waals surface area contributed by atoms with Crippen LogP contribution in [0.15, 0.2) is 118 Å². The molecule has 0 saturated carbocycles. The first kappa shape index (κ1) is 20.7. The average Bonchev–Trinajstić information content (AvgIpc) is 2.77. The smallest absolute Gasteiger partial charge is 0.0757 e. The van der Waals surface area contributed by atoms with E-state index in [2.05, 4.69) is 140 Å². The number of para-hydroxylation sites is 2. The summed E-state index contributed by atoms with van der Waals surface area (Å²) >= 11 is 7.29. The topological polar surface area (TPSA) is 24.1 Å². The van der Waals surface area contributed by atoms with Crippen LogP contribution in [0.25, 0.3) is 0 Å². The molecule has 0 amide bonds. The molecule has 0 saturated heterocycles. The third-order valence-corrected chi connectivity index (χ3v) is 5.93. The Hall–Kier alpha value is -2.56. The van der Waals surface area contributed by atoms with Crippen molar-refractivity contribution in [3.8, 4) is 0 Å².